The molecular weight excluding hydrogens is 507 g/mol. The molecule has 1 aromatic carbocycles. The van der Waals surface area contributed by atoms with Gasteiger partial charge in [-0.3, -0.25) is 4.99 Å². The molecule has 2 rings (SSSR count). The minimum Gasteiger partial charge on any atom is -0.444 e. The summed E-state index contributed by atoms with van der Waals surface area (Å²) < 4.78 is 7.43. The standard InChI is InChI=1S/C22H34N6O2.HI/c1-21(2,3)30-20(29)27-22(4,5)16-26-19(23-6)25-14-18-24-12-13-28(18)15-17-10-8-7-9-11-17;/h7-13H,14-16H2,1-6H3,(H,27,29)(H2,23,25,26);1H. The Morgan fingerprint density at radius 2 is 1.81 bits per heavy atom. The number of carbonyl (C=O) groups excluding carboxylic acids is 1. The summed E-state index contributed by atoms with van der Waals surface area (Å²) in [6.07, 6.45) is 3.32. The maximum atomic E-state index is 12.0. The van der Waals surface area contributed by atoms with Crippen LogP contribution in [0.3, 0.4) is 0 Å². The van der Waals surface area contributed by atoms with Crippen molar-refractivity contribution in [3.8, 4) is 0 Å². The number of guanidine groups is 1. The van der Waals surface area contributed by atoms with Gasteiger partial charge in [0, 0.05) is 32.5 Å². The molecule has 0 spiro atoms. The van der Waals surface area contributed by atoms with E-state index < -0.39 is 17.2 Å². The fraction of sp³-hybridized carbons (Fsp3) is 0.500. The molecule has 0 saturated carbocycles. The molecular formula is C22H35IN6O2. The molecule has 1 heterocycles. The molecule has 0 aliphatic rings. The number of carbonyl (C=O) groups is 1. The van der Waals surface area contributed by atoms with Gasteiger partial charge in [-0.2, -0.15) is 0 Å². The van der Waals surface area contributed by atoms with Gasteiger partial charge in [0.1, 0.15) is 11.4 Å². The second-order valence-electron chi connectivity index (χ2n) is 8.75. The van der Waals surface area contributed by atoms with Crippen LogP contribution in [0.1, 0.15) is 46.0 Å². The number of amides is 1. The molecule has 0 radical (unpaired) electrons. The first-order chi connectivity index (χ1) is 14.1. The van der Waals surface area contributed by atoms with Gasteiger partial charge in [0.05, 0.1) is 12.1 Å². The van der Waals surface area contributed by atoms with Crippen molar-refractivity contribution in [2.24, 2.45) is 4.99 Å². The van der Waals surface area contributed by atoms with E-state index in [1.54, 1.807) is 13.2 Å². The Kier molecular flexibility index (Phi) is 10.3. The lowest BCUT2D eigenvalue weighted by molar-refractivity contribution is 0.0474. The third-order valence-electron chi connectivity index (χ3n) is 4.17. The molecule has 0 saturated heterocycles. The van der Waals surface area contributed by atoms with Crippen molar-refractivity contribution in [3.63, 3.8) is 0 Å². The predicted octanol–water partition coefficient (Wildman–Crippen LogP) is 3.52. The van der Waals surface area contributed by atoms with Crippen molar-refractivity contribution in [1.29, 1.82) is 0 Å². The normalized spacial score (nSPS) is 12.0. The number of aromatic nitrogens is 2. The fourth-order valence-corrected chi connectivity index (χ4v) is 2.74. The molecule has 31 heavy (non-hydrogen) atoms. The van der Waals surface area contributed by atoms with Gasteiger partial charge in [0.15, 0.2) is 5.96 Å². The summed E-state index contributed by atoms with van der Waals surface area (Å²) in [4.78, 5) is 20.7. The van der Waals surface area contributed by atoms with Crippen molar-refractivity contribution in [2.75, 3.05) is 13.6 Å². The Morgan fingerprint density at radius 1 is 1.13 bits per heavy atom. The van der Waals surface area contributed by atoms with Crippen LogP contribution in [0.2, 0.25) is 0 Å². The Bertz CT molecular complexity index is 843. The highest BCUT2D eigenvalue weighted by Gasteiger charge is 2.24. The third kappa shape index (κ3) is 10.0. The van der Waals surface area contributed by atoms with Crippen molar-refractivity contribution in [3.05, 3.63) is 54.1 Å². The van der Waals surface area contributed by atoms with Crippen molar-refractivity contribution in [1.82, 2.24) is 25.5 Å². The first kappa shape index (κ1) is 26.7. The average Bonchev–Trinajstić information content (AvgIpc) is 3.07. The van der Waals surface area contributed by atoms with Crippen LogP contribution in [0.25, 0.3) is 0 Å². The van der Waals surface area contributed by atoms with Crippen molar-refractivity contribution in [2.45, 2.75) is 58.8 Å². The van der Waals surface area contributed by atoms with Crippen LogP contribution in [0.4, 0.5) is 4.79 Å². The number of aliphatic imine (C=N–C) groups is 1. The second kappa shape index (κ2) is 11.9. The Morgan fingerprint density at radius 3 is 2.42 bits per heavy atom. The highest BCUT2D eigenvalue weighted by molar-refractivity contribution is 14.0. The summed E-state index contributed by atoms with van der Waals surface area (Å²) in [5.74, 6) is 1.54. The molecule has 0 bridgehead atoms. The molecule has 172 valence electrons. The molecule has 0 fully saturated rings. The number of rotatable bonds is 7. The predicted molar refractivity (Wildman–Crippen MR) is 135 cm³/mol. The zero-order valence-corrected chi connectivity index (χ0v) is 21.6. The first-order valence-corrected chi connectivity index (χ1v) is 10.1. The molecule has 9 heteroatoms. The number of hydrogen-bond acceptors (Lipinski definition) is 4. The second-order valence-corrected chi connectivity index (χ2v) is 8.75. The maximum absolute atomic E-state index is 12.0. The Hall–Kier alpha value is -2.30. The summed E-state index contributed by atoms with van der Waals surface area (Å²) in [6.45, 7) is 11.1. The molecule has 0 atom stereocenters. The van der Waals surface area contributed by atoms with Crippen LogP contribution < -0.4 is 16.0 Å². The first-order valence-electron chi connectivity index (χ1n) is 10.1. The minimum absolute atomic E-state index is 0. The van der Waals surface area contributed by atoms with Gasteiger partial charge in [0.2, 0.25) is 0 Å². The van der Waals surface area contributed by atoms with E-state index in [9.17, 15) is 4.79 Å². The molecule has 0 aliphatic heterocycles. The highest BCUT2D eigenvalue weighted by atomic mass is 127. The summed E-state index contributed by atoms with van der Waals surface area (Å²) in [6, 6.07) is 10.3. The van der Waals surface area contributed by atoms with Gasteiger partial charge in [-0.1, -0.05) is 30.3 Å². The van der Waals surface area contributed by atoms with E-state index in [1.165, 1.54) is 5.56 Å². The van der Waals surface area contributed by atoms with Gasteiger partial charge < -0.3 is 25.3 Å². The van der Waals surface area contributed by atoms with Gasteiger partial charge in [-0.15, -0.1) is 24.0 Å². The smallest absolute Gasteiger partial charge is 0.408 e. The number of nitrogens with zero attached hydrogens (tertiary/aromatic N) is 3. The molecule has 2 aromatic rings. The lowest BCUT2D eigenvalue weighted by Gasteiger charge is -2.29. The van der Waals surface area contributed by atoms with E-state index in [0.717, 1.165) is 12.4 Å². The number of nitrogens with one attached hydrogen (secondary N) is 3. The van der Waals surface area contributed by atoms with Crippen LogP contribution in [-0.4, -0.2) is 46.3 Å². The molecule has 0 unspecified atom stereocenters. The largest absolute Gasteiger partial charge is 0.444 e. The molecule has 0 aliphatic carbocycles. The van der Waals surface area contributed by atoms with E-state index in [-0.39, 0.29) is 24.0 Å². The third-order valence-corrected chi connectivity index (χ3v) is 4.17. The van der Waals surface area contributed by atoms with Crippen molar-refractivity contribution < 1.29 is 9.53 Å². The van der Waals surface area contributed by atoms with E-state index in [4.69, 9.17) is 4.74 Å². The van der Waals surface area contributed by atoms with Gasteiger partial charge >= 0.3 is 6.09 Å². The van der Waals surface area contributed by atoms with Crippen molar-refractivity contribution >= 4 is 36.0 Å². The summed E-state index contributed by atoms with van der Waals surface area (Å²) >= 11 is 0. The number of ether oxygens (including phenoxy) is 1. The van der Waals surface area contributed by atoms with Gasteiger partial charge in [-0.25, -0.2) is 9.78 Å². The van der Waals surface area contributed by atoms with E-state index in [2.05, 4.69) is 42.6 Å². The average molecular weight is 542 g/mol. The summed E-state index contributed by atoms with van der Waals surface area (Å²) in [5.41, 5.74) is 0.160. The number of benzene rings is 1. The SMILES string of the molecule is CN=C(NCc1nccn1Cc1ccccc1)NCC(C)(C)NC(=O)OC(C)(C)C.I. The van der Waals surface area contributed by atoms with Crippen LogP contribution >= 0.6 is 24.0 Å². The van der Waals surface area contributed by atoms with Crippen LogP contribution in [-0.2, 0) is 17.8 Å². The van der Waals surface area contributed by atoms with Gasteiger partial charge in [0.25, 0.3) is 0 Å². The summed E-state index contributed by atoms with van der Waals surface area (Å²) in [7, 11) is 1.71. The minimum atomic E-state index is -0.535. The molecule has 8 nitrogen and oxygen atoms in total. The maximum Gasteiger partial charge on any atom is 0.408 e. The molecule has 1 aromatic heterocycles. The lowest BCUT2D eigenvalue weighted by atomic mass is 10.1. The molecule has 3 N–H and O–H groups in total. The number of alkyl carbamates (subject to hydrolysis) is 1. The van der Waals surface area contributed by atoms with Gasteiger partial charge in [-0.05, 0) is 40.2 Å². The zero-order chi connectivity index (χ0) is 22.2. The van der Waals surface area contributed by atoms with E-state index in [1.807, 2.05) is 59.0 Å². The monoisotopic (exact) mass is 542 g/mol. The van der Waals surface area contributed by atoms with Crippen LogP contribution in [0, 0.1) is 0 Å². The topological polar surface area (TPSA) is 92.6 Å². The van der Waals surface area contributed by atoms with Crippen LogP contribution in [0.5, 0.6) is 0 Å². The molecule has 1 amide bonds. The quantitative estimate of drug-likeness (QED) is 0.283. The number of hydrogen-bond donors (Lipinski definition) is 3. The highest BCUT2D eigenvalue weighted by Crippen LogP contribution is 2.09. The van der Waals surface area contributed by atoms with E-state index >= 15 is 0 Å². The number of halogens is 1. The number of imidazole rings is 1. The van der Waals surface area contributed by atoms with Crippen LogP contribution in [0.15, 0.2) is 47.7 Å². The lowest BCUT2D eigenvalue weighted by Crippen LogP contribution is -2.54. The summed E-state index contributed by atoms with van der Waals surface area (Å²) in [5, 5.41) is 9.39. The fourth-order valence-electron chi connectivity index (χ4n) is 2.74. The van der Waals surface area contributed by atoms with E-state index in [0.29, 0.717) is 19.0 Å². The Labute approximate surface area is 202 Å². The zero-order valence-electron chi connectivity index (χ0n) is 19.2. The Balaban J connectivity index is 0.00000480.